The van der Waals surface area contributed by atoms with Crippen LogP contribution < -0.4 is 9.94 Å². The van der Waals surface area contributed by atoms with Crippen LogP contribution in [0.15, 0.2) is 57.2 Å². The van der Waals surface area contributed by atoms with Crippen LogP contribution in [0.3, 0.4) is 0 Å². The van der Waals surface area contributed by atoms with Gasteiger partial charge in [-0.3, -0.25) is 4.79 Å². The monoisotopic (exact) mass is 431 g/mol. The fourth-order valence-corrected chi connectivity index (χ4v) is 5.00. The third-order valence-electron chi connectivity index (χ3n) is 3.82. The van der Waals surface area contributed by atoms with E-state index in [9.17, 15) is 13.2 Å². The van der Waals surface area contributed by atoms with Crippen molar-refractivity contribution in [3.8, 4) is 12.3 Å². The second-order valence-corrected chi connectivity index (χ2v) is 9.64. The summed E-state index contributed by atoms with van der Waals surface area (Å²) >= 11 is 2.83. The highest BCUT2D eigenvalue weighted by molar-refractivity contribution is 7.99. The molecule has 0 saturated heterocycles. The van der Waals surface area contributed by atoms with E-state index in [1.54, 1.807) is 34.5 Å². The first-order valence-corrected chi connectivity index (χ1v) is 11.6. The molecule has 6 nitrogen and oxygen atoms in total. The average Bonchev–Trinajstić information content (AvgIpc) is 2.98. The van der Waals surface area contributed by atoms with Gasteiger partial charge in [0.15, 0.2) is 4.80 Å². The molecule has 0 radical (unpaired) electrons. The van der Waals surface area contributed by atoms with E-state index in [-0.39, 0.29) is 17.3 Å². The third kappa shape index (κ3) is 4.36. The van der Waals surface area contributed by atoms with Gasteiger partial charge in [0.25, 0.3) is 5.91 Å². The van der Waals surface area contributed by atoms with Crippen molar-refractivity contribution in [3.05, 3.63) is 52.8 Å². The number of thiazole rings is 1. The fourth-order valence-electron chi connectivity index (χ4n) is 2.60. The molecule has 1 aromatic heterocycles. The van der Waals surface area contributed by atoms with E-state index in [0.29, 0.717) is 20.6 Å². The first kappa shape index (κ1) is 20.4. The van der Waals surface area contributed by atoms with Gasteiger partial charge in [-0.1, -0.05) is 30.2 Å². The molecule has 3 rings (SSSR count). The van der Waals surface area contributed by atoms with Crippen molar-refractivity contribution >= 4 is 49.2 Å². The van der Waals surface area contributed by atoms with Gasteiger partial charge in [-0.05, 0) is 42.2 Å². The Hall–Kier alpha value is -2.38. The zero-order valence-electron chi connectivity index (χ0n) is 15.0. The summed E-state index contributed by atoms with van der Waals surface area (Å²) in [5.41, 5.74) is 1.17. The minimum Gasteiger partial charge on any atom is -0.305 e. The van der Waals surface area contributed by atoms with Crippen LogP contribution in [0, 0.1) is 12.3 Å². The Bertz CT molecular complexity index is 1260. The van der Waals surface area contributed by atoms with E-state index in [1.807, 2.05) is 19.1 Å². The third-order valence-corrected chi connectivity index (χ3v) is 6.65. The van der Waals surface area contributed by atoms with Crippen molar-refractivity contribution in [3.63, 3.8) is 0 Å². The summed E-state index contributed by atoms with van der Waals surface area (Å²) in [4.78, 5) is 18.3. The smallest absolute Gasteiger partial charge is 0.279 e. The molecular weight excluding hydrogens is 414 g/mol. The number of nitrogens with zero attached hydrogens (tertiary/aromatic N) is 2. The number of amides is 1. The lowest BCUT2D eigenvalue weighted by molar-refractivity contribution is 0.0997. The number of carbonyl (C=O) groups excluding carboxylic acids is 1. The molecule has 0 aliphatic heterocycles. The second-order valence-electron chi connectivity index (χ2n) is 5.73. The summed E-state index contributed by atoms with van der Waals surface area (Å²) in [6, 6.07) is 11.8. The lowest BCUT2D eigenvalue weighted by Crippen LogP contribution is -2.16. The predicted octanol–water partition coefficient (Wildman–Crippen LogP) is 2.84. The van der Waals surface area contributed by atoms with Crippen LogP contribution in [0.5, 0.6) is 0 Å². The standard InChI is InChI=1S/C19H17N3O3S3/c1-3-10-22-16-9-8-15(28(20,24)25)12-17(16)27-19(22)21-18(23)13-6-5-7-14(11-13)26-4-2/h1,5-9,11-12H,4,10H2,2H3,(H2,20,24,25). The van der Waals surface area contributed by atoms with Gasteiger partial charge in [-0.25, -0.2) is 13.6 Å². The summed E-state index contributed by atoms with van der Waals surface area (Å²) in [5, 5.41) is 5.20. The van der Waals surface area contributed by atoms with E-state index in [1.165, 1.54) is 23.5 Å². The molecule has 0 aliphatic carbocycles. The molecular formula is C19H17N3O3S3. The number of rotatable bonds is 5. The molecule has 0 unspecified atom stereocenters. The number of terminal acetylenes is 1. The molecule has 144 valence electrons. The molecule has 0 spiro atoms. The van der Waals surface area contributed by atoms with Gasteiger partial charge >= 0.3 is 0 Å². The fraction of sp³-hybridized carbons (Fsp3) is 0.158. The van der Waals surface area contributed by atoms with Crippen molar-refractivity contribution in [2.24, 2.45) is 10.1 Å². The van der Waals surface area contributed by atoms with Gasteiger partial charge in [-0.2, -0.15) is 4.99 Å². The van der Waals surface area contributed by atoms with Crippen LogP contribution in [0.25, 0.3) is 10.2 Å². The maximum Gasteiger partial charge on any atom is 0.279 e. The Morgan fingerprint density at radius 2 is 2.11 bits per heavy atom. The molecule has 0 aliphatic rings. The Morgan fingerprint density at radius 1 is 1.32 bits per heavy atom. The number of carbonyl (C=O) groups is 1. The Kier molecular flexibility index (Phi) is 6.05. The number of hydrogen-bond acceptors (Lipinski definition) is 5. The number of thioether (sulfide) groups is 1. The van der Waals surface area contributed by atoms with Gasteiger partial charge in [0.1, 0.15) is 0 Å². The summed E-state index contributed by atoms with van der Waals surface area (Å²) in [7, 11) is -3.83. The quantitative estimate of drug-likeness (QED) is 0.496. The van der Waals surface area contributed by atoms with E-state index in [0.717, 1.165) is 10.6 Å². The van der Waals surface area contributed by atoms with Crippen LogP contribution in [0.1, 0.15) is 17.3 Å². The summed E-state index contributed by atoms with van der Waals surface area (Å²) in [6.45, 7) is 2.24. The molecule has 9 heteroatoms. The lowest BCUT2D eigenvalue weighted by Gasteiger charge is -2.02. The number of fused-ring (bicyclic) bond motifs is 1. The number of aromatic nitrogens is 1. The molecule has 0 bridgehead atoms. The average molecular weight is 432 g/mol. The SMILES string of the molecule is C#CCn1c(=NC(=O)c2cccc(SCC)c2)sc2cc(S(N)(=O)=O)ccc21. The lowest BCUT2D eigenvalue weighted by atomic mass is 10.2. The highest BCUT2D eigenvalue weighted by Gasteiger charge is 2.13. The number of primary sulfonamides is 1. The van der Waals surface area contributed by atoms with Gasteiger partial charge in [0.2, 0.25) is 10.0 Å². The minimum atomic E-state index is -3.83. The number of hydrogen-bond donors (Lipinski definition) is 1. The predicted molar refractivity (Wildman–Crippen MR) is 113 cm³/mol. The van der Waals surface area contributed by atoms with Crippen LogP contribution in [-0.2, 0) is 16.6 Å². The normalized spacial score (nSPS) is 12.2. The second kappa shape index (κ2) is 8.32. The van der Waals surface area contributed by atoms with Crippen LogP contribution >= 0.6 is 23.1 Å². The highest BCUT2D eigenvalue weighted by Crippen LogP contribution is 2.22. The summed E-state index contributed by atoms with van der Waals surface area (Å²) in [6.07, 6.45) is 5.46. The van der Waals surface area contributed by atoms with E-state index >= 15 is 0 Å². The van der Waals surface area contributed by atoms with Crippen LogP contribution in [0.2, 0.25) is 0 Å². The topological polar surface area (TPSA) is 94.5 Å². The van der Waals surface area contributed by atoms with E-state index in [4.69, 9.17) is 11.6 Å². The number of nitrogens with two attached hydrogens (primary N) is 1. The largest absolute Gasteiger partial charge is 0.305 e. The van der Waals surface area contributed by atoms with Gasteiger partial charge in [0.05, 0.1) is 21.7 Å². The molecule has 1 heterocycles. The molecule has 3 aromatic rings. The molecule has 0 saturated carbocycles. The summed E-state index contributed by atoms with van der Waals surface area (Å²) < 4.78 is 25.5. The molecule has 1 amide bonds. The van der Waals surface area contributed by atoms with E-state index < -0.39 is 10.0 Å². The van der Waals surface area contributed by atoms with Crippen molar-refractivity contribution in [2.75, 3.05) is 5.75 Å². The van der Waals surface area contributed by atoms with Crippen molar-refractivity contribution < 1.29 is 13.2 Å². The van der Waals surface area contributed by atoms with Crippen LogP contribution in [0.4, 0.5) is 0 Å². The molecule has 0 atom stereocenters. The molecule has 2 N–H and O–H groups in total. The van der Waals surface area contributed by atoms with Crippen molar-refractivity contribution in [1.82, 2.24) is 4.57 Å². The molecule has 2 aromatic carbocycles. The number of benzene rings is 2. The maximum absolute atomic E-state index is 12.7. The Morgan fingerprint density at radius 3 is 2.79 bits per heavy atom. The van der Waals surface area contributed by atoms with Gasteiger partial charge < -0.3 is 4.57 Å². The highest BCUT2D eigenvalue weighted by atomic mass is 32.2. The van der Waals surface area contributed by atoms with Crippen LogP contribution in [-0.4, -0.2) is 24.6 Å². The first-order chi connectivity index (χ1) is 13.3. The Labute approximate surface area is 171 Å². The van der Waals surface area contributed by atoms with E-state index in [2.05, 4.69) is 10.9 Å². The zero-order chi connectivity index (χ0) is 20.3. The Balaban J connectivity index is 2.13. The van der Waals surface area contributed by atoms with Gasteiger partial charge in [0, 0.05) is 10.5 Å². The van der Waals surface area contributed by atoms with Gasteiger partial charge in [-0.15, -0.1) is 18.2 Å². The number of sulfonamides is 1. The molecule has 28 heavy (non-hydrogen) atoms. The molecule has 0 fully saturated rings. The maximum atomic E-state index is 12.7. The zero-order valence-corrected chi connectivity index (χ0v) is 17.4. The van der Waals surface area contributed by atoms with Crippen molar-refractivity contribution in [1.29, 1.82) is 0 Å². The first-order valence-electron chi connectivity index (χ1n) is 8.25. The summed E-state index contributed by atoms with van der Waals surface area (Å²) in [5.74, 6) is 3.05. The minimum absolute atomic E-state index is 0.00345. The van der Waals surface area contributed by atoms with Crippen molar-refractivity contribution in [2.45, 2.75) is 23.3 Å².